The van der Waals surface area contributed by atoms with Crippen LogP contribution in [0.5, 0.6) is 0 Å². The van der Waals surface area contributed by atoms with Gasteiger partial charge < -0.3 is 11.7 Å². The van der Waals surface area contributed by atoms with Crippen molar-refractivity contribution in [1.82, 2.24) is 0 Å². The monoisotopic (exact) mass is 151 g/mol. The maximum absolute atomic E-state index is 9.33. The molecule has 0 aliphatic carbocycles. The maximum atomic E-state index is 9.33. The first-order valence-electron chi connectivity index (χ1n) is 1.18. The molecule has 0 saturated heterocycles. The average Bonchev–Trinajstić information content (AvgIpc) is 1.41. The summed E-state index contributed by atoms with van der Waals surface area (Å²) in [5, 5.41) is 0. The van der Waals surface area contributed by atoms with E-state index in [2.05, 4.69) is 31.9 Å². The Balaban J connectivity index is 0. The fraction of sp³-hybridized carbons (Fsp3) is 0.333. The molecule has 0 bridgehead atoms. The van der Waals surface area contributed by atoms with Crippen molar-refractivity contribution in [2.24, 2.45) is 0 Å². The third-order valence-electron chi connectivity index (χ3n) is 0. The minimum absolute atomic E-state index is 0.0833. The number of rotatable bonds is 0. The fourth-order valence-corrected chi connectivity index (χ4v) is 0. The zero-order valence-corrected chi connectivity index (χ0v) is 5.12. The van der Waals surface area contributed by atoms with Crippen molar-refractivity contribution in [3.8, 4) is 0 Å². The molecule has 0 rings (SSSR count). The van der Waals surface area contributed by atoms with Gasteiger partial charge >= 0.3 is 25.0 Å². The van der Waals surface area contributed by atoms with Crippen LogP contribution in [0.4, 0.5) is 0 Å². The van der Waals surface area contributed by atoms with Gasteiger partial charge in [-0.25, -0.2) is 0 Å². The number of carbonyl (C=O) groups is 1. The molecule has 3 heteroatoms. The molecule has 0 aromatic rings. The van der Waals surface area contributed by atoms with Crippen LogP contribution in [0.1, 0.15) is 6.92 Å². The molecule has 0 aromatic heterocycles. The first-order chi connectivity index (χ1) is 2.73. The van der Waals surface area contributed by atoms with Gasteiger partial charge in [0.15, 0.2) is 0 Å². The van der Waals surface area contributed by atoms with Crippen molar-refractivity contribution >= 4 is 15.9 Å². The van der Waals surface area contributed by atoms with Gasteiger partial charge in [-0.3, -0.25) is 0 Å². The van der Waals surface area contributed by atoms with Crippen LogP contribution in [0.25, 0.3) is 0 Å². The van der Waals surface area contributed by atoms with Crippen LogP contribution in [0.2, 0.25) is 0 Å². The quantitative estimate of drug-likeness (QED) is 0.474. The molecule has 0 spiro atoms. The van der Waals surface area contributed by atoms with Crippen molar-refractivity contribution in [1.29, 1.82) is 0 Å². The van der Waals surface area contributed by atoms with Crippen LogP contribution in [-0.2, 0) is 19.6 Å². The van der Waals surface area contributed by atoms with E-state index >= 15 is 0 Å². The molecular weight excluding hydrogens is 146 g/mol. The fourth-order valence-electron chi connectivity index (χ4n) is 0. The Bertz CT molecular complexity index is 33.8. The Morgan fingerprint density at radius 3 is 1.83 bits per heavy atom. The Morgan fingerprint density at radius 2 is 1.83 bits per heavy atom. The van der Waals surface area contributed by atoms with Crippen LogP contribution in [0, 0.1) is 6.92 Å². The van der Waals surface area contributed by atoms with E-state index in [1.165, 1.54) is 6.92 Å². The summed E-state index contributed by atoms with van der Waals surface area (Å²) in [4.78, 5) is 9.33. The topological polar surface area (TPSA) is 17.1 Å². The third kappa shape index (κ3) is 426. The number of carbonyl (C=O) groups excluding carboxylic acids is 1. The van der Waals surface area contributed by atoms with Gasteiger partial charge in [0.05, 0.1) is 0 Å². The van der Waals surface area contributed by atoms with Gasteiger partial charge in [-0.05, 0) is 12.7 Å². The van der Waals surface area contributed by atoms with Crippen LogP contribution >= 0.6 is 10.1 Å². The molecular formula is C3H5ClCoO. The molecule has 0 heterocycles. The van der Waals surface area contributed by atoms with Gasteiger partial charge in [-0.1, -0.05) is 0 Å². The first kappa shape index (κ1) is 9.60. The summed E-state index contributed by atoms with van der Waals surface area (Å²) >= 11 is 3.03. The number of halogens is 1. The SMILES string of the molecule is [CH2-]C(C)=O.[Cl][Co+]. The van der Waals surface area contributed by atoms with Gasteiger partial charge in [0.25, 0.3) is 0 Å². The van der Waals surface area contributed by atoms with Gasteiger partial charge in [-0.2, -0.15) is 0 Å². The summed E-state index contributed by atoms with van der Waals surface area (Å²) in [7, 11) is 4.33. The molecule has 0 aromatic carbocycles. The Morgan fingerprint density at radius 1 is 1.83 bits per heavy atom. The molecule has 0 unspecified atom stereocenters. The molecule has 0 aliphatic heterocycles. The van der Waals surface area contributed by atoms with E-state index in [4.69, 9.17) is 0 Å². The van der Waals surface area contributed by atoms with Crippen LogP contribution in [0.15, 0.2) is 0 Å². The second kappa shape index (κ2) is 9.01. The van der Waals surface area contributed by atoms with E-state index in [-0.39, 0.29) is 5.78 Å². The number of hydrogen-bond donors (Lipinski definition) is 0. The predicted octanol–water partition coefficient (Wildman–Crippen LogP) is 1.10. The van der Waals surface area contributed by atoms with Crippen molar-refractivity contribution in [2.45, 2.75) is 6.92 Å². The molecule has 0 amide bonds. The molecule has 6 heavy (non-hydrogen) atoms. The van der Waals surface area contributed by atoms with E-state index in [0.29, 0.717) is 0 Å². The number of ketones is 1. The molecule has 1 nitrogen and oxygen atoms in total. The van der Waals surface area contributed by atoms with E-state index in [1.807, 2.05) is 0 Å². The van der Waals surface area contributed by atoms with Crippen molar-refractivity contribution in [2.75, 3.05) is 0 Å². The second-order valence-corrected chi connectivity index (χ2v) is 0.702. The van der Waals surface area contributed by atoms with Gasteiger partial charge in [0.1, 0.15) is 0 Å². The Hall–Kier alpha value is 0.336. The number of hydrogen-bond acceptors (Lipinski definition) is 1. The van der Waals surface area contributed by atoms with E-state index < -0.39 is 0 Å². The summed E-state index contributed by atoms with van der Waals surface area (Å²) in [5.41, 5.74) is 0. The average molecular weight is 151 g/mol. The normalized spacial score (nSPS) is 5.17. The molecule has 0 fully saturated rings. The Labute approximate surface area is 49.9 Å². The van der Waals surface area contributed by atoms with Crippen molar-refractivity contribution in [3.05, 3.63) is 6.92 Å². The van der Waals surface area contributed by atoms with Crippen LogP contribution in [-0.4, -0.2) is 5.78 Å². The molecule has 0 atom stereocenters. The van der Waals surface area contributed by atoms with E-state index in [0.717, 1.165) is 0 Å². The predicted molar refractivity (Wildman–Crippen MR) is 21.9 cm³/mol. The standard InChI is InChI=1S/C3H5O.ClH.Co/c1-3(2)4;;/h1H2,2H3;1H;/q-1;;+2/p-1. The zero-order chi connectivity index (χ0) is 5.58. The van der Waals surface area contributed by atoms with Crippen LogP contribution in [0.3, 0.4) is 0 Å². The summed E-state index contributed by atoms with van der Waals surface area (Å²) in [6.07, 6.45) is 0. The summed E-state index contributed by atoms with van der Waals surface area (Å²) in [6, 6.07) is 0. The van der Waals surface area contributed by atoms with Gasteiger partial charge in [0.2, 0.25) is 0 Å². The van der Waals surface area contributed by atoms with E-state index in [9.17, 15) is 4.79 Å². The van der Waals surface area contributed by atoms with Crippen molar-refractivity contribution < 1.29 is 19.6 Å². The van der Waals surface area contributed by atoms with Gasteiger partial charge in [-0.15, -0.1) is 0 Å². The second-order valence-electron chi connectivity index (χ2n) is 0.702. The first-order valence-corrected chi connectivity index (χ1v) is 2.62. The van der Waals surface area contributed by atoms with Crippen LogP contribution < -0.4 is 0 Å². The molecule has 0 saturated carbocycles. The zero-order valence-electron chi connectivity index (χ0n) is 3.33. The molecule has 0 aliphatic rings. The molecule has 0 radical (unpaired) electrons. The summed E-state index contributed by atoms with van der Waals surface area (Å²) < 4.78 is 0. The minimum atomic E-state index is -0.0833. The number of Topliss-reactive ketones (excluding diaryl/α,β-unsaturated/α-hetero) is 1. The summed E-state index contributed by atoms with van der Waals surface area (Å²) in [6.45, 7) is 4.42. The summed E-state index contributed by atoms with van der Waals surface area (Å²) in [5.74, 6) is -0.0833. The molecule has 39 valence electrons. The van der Waals surface area contributed by atoms with Gasteiger partial charge in [0, 0.05) is 0 Å². The molecule has 0 N–H and O–H groups in total. The Kier molecular flexibility index (Phi) is 14.4. The van der Waals surface area contributed by atoms with E-state index in [1.54, 1.807) is 0 Å². The third-order valence-corrected chi connectivity index (χ3v) is 0. The van der Waals surface area contributed by atoms with Crippen molar-refractivity contribution in [3.63, 3.8) is 0 Å².